The summed E-state index contributed by atoms with van der Waals surface area (Å²) in [5.41, 5.74) is 5.25. The summed E-state index contributed by atoms with van der Waals surface area (Å²) in [4.78, 5) is 25.8. The molecule has 0 aromatic carbocycles. The Morgan fingerprint density at radius 3 is 2.50 bits per heavy atom. The molecule has 1 heterocycles. The number of carboxylic acids is 1. The minimum atomic E-state index is -0.998. The van der Waals surface area contributed by atoms with Crippen LogP contribution in [0.1, 0.15) is 24.2 Å². The number of nitrogens with one attached hydrogen (secondary N) is 1. The molecule has 1 rings (SSSR count). The quantitative estimate of drug-likeness (QED) is 0.750. The average Bonchev–Trinajstić information content (AvgIpc) is 2.25. The number of nitrogens with two attached hydrogens (primary N) is 1. The molecule has 1 amide bonds. The van der Waals surface area contributed by atoms with E-state index in [2.05, 4.69) is 10.3 Å². The molecule has 18 heavy (non-hydrogen) atoms. The van der Waals surface area contributed by atoms with Crippen LogP contribution in [-0.4, -0.2) is 28.0 Å². The zero-order valence-corrected chi connectivity index (χ0v) is 10.7. The summed E-state index contributed by atoms with van der Waals surface area (Å²) in [5.74, 6) is -1.57. The molecule has 0 radical (unpaired) electrons. The Hall–Kier alpha value is -1.82. The number of carbonyl (C=O) groups excluding carboxylic acids is 1. The van der Waals surface area contributed by atoms with Gasteiger partial charge in [0.25, 0.3) is 0 Å². The Morgan fingerprint density at radius 2 is 2.11 bits per heavy atom. The molecule has 0 unspecified atom stereocenters. The lowest BCUT2D eigenvalue weighted by Gasteiger charge is -2.19. The third-order valence-corrected chi connectivity index (χ3v) is 2.64. The first-order valence-electron chi connectivity index (χ1n) is 5.27. The largest absolute Gasteiger partial charge is 0.480 e. The van der Waals surface area contributed by atoms with E-state index in [1.807, 2.05) is 0 Å². The third kappa shape index (κ3) is 3.33. The van der Waals surface area contributed by atoms with Gasteiger partial charge in [-0.1, -0.05) is 25.4 Å². The normalized spacial score (nSPS) is 12.2. The van der Waals surface area contributed by atoms with Gasteiger partial charge in [-0.3, -0.25) is 4.79 Å². The molecule has 7 heteroatoms. The first kappa shape index (κ1) is 14.2. The number of aromatic nitrogens is 1. The van der Waals surface area contributed by atoms with Crippen molar-refractivity contribution in [2.45, 2.75) is 19.9 Å². The number of carboxylic acid groups (broad SMARTS) is 1. The van der Waals surface area contributed by atoms with Crippen LogP contribution >= 0.6 is 11.6 Å². The number of carbonyl (C=O) groups is 2. The van der Waals surface area contributed by atoms with Crippen molar-refractivity contribution in [3.8, 4) is 0 Å². The van der Waals surface area contributed by atoms with Crippen LogP contribution in [0.4, 0.5) is 5.82 Å². The second-order valence-electron chi connectivity index (χ2n) is 4.12. The molecule has 4 N–H and O–H groups in total. The Balaban J connectivity index is 2.97. The van der Waals surface area contributed by atoms with Crippen molar-refractivity contribution in [3.05, 3.63) is 22.8 Å². The van der Waals surface area contributed by atoms with Crippen LogP contribution in [0.3, 0.4) is 0 Å². The molecule has 1 aromatic rings. The highest BCUT2D eigenvalue weighted by Gasteiger charge is 2.22. The van der Waals surface area contributed by atoms with Crippen molar-refractivity contribution >= 4 is 29.3 Å². The van der Waals surface area contributed by atoms with Crippen molar-refractivity contribution in [1.82, 2.24) is 4.98 Å². The van der Waals surface area contributed by atoms with Crippen LogP contribution in [0, 0.1) is 5.92 Å². The summed E-state index contributed by atoms with van der Waals surface area (Å²) in [5, 5.41) is 11.9. The molecule has 0 aliphatic rings. The van der Waals surface area contributed by atoms with E-state index in [1.165, 1.54) is 12.3 Å². The van der Waals surface area contributed by atoms with Crippen LogP contribution in [0.2, 0.25) is 5.02 Å². The number of aliphatic carboxylic acids is 1. The number of hydrogen-bond acceptors (Lipinski definition) is 4. The molecule has 0 saturated carbocycles. The summed E-state index contributed by atoms with van der Waals surface area (Å²) in [6.45, 7) is 3.52. The van der Waals surface area contributed by atoms with E-state index < -0.39 is 17.9 Å². The van der Waals surface area contributed by atoms with Gasteiger partial charge in [0.15, 0.2) is 0 Å². The fraction of sp³-hybridized carbons (Fsp3) is 0.364. The minimum Gasteiger partial charge on any atom is -0.480 e. The molecule has 0 spiro atoms. The standard InChI is InChI=1S/C11H14ClN3O3/c1-5(2)8(11(17)18)15-10-7(12)3-6(4-14-10)9(13)16/h3-5,8H,1-2H3,(H2,13,16)(H,14,15)(H,17,18)/t8-/m1/s1. The van der Waals surface area contributed by atoms with Gasteiger partial charge in [-0.15, -0.1) is 0 Å². The lowest BCUT2D eigenvalue weighted by Crippen LogP contribution is -2.34. The molecule has 0 aliphatic heterocycles. The van der Waals surface area contributed by atoms with Crippen molar-refractivity contribution in [2.75, 3.05) is 5.32 Å². The van der Waals surface area contributed by atoms with Crippen LogP contribution in [-0.2, 0) is 4.79 Å². The Kier molecular flexibility index (Phi) is 4.49. The molecule has 0 fully saturated rings. The maximum absolute atomic E-state index is 11.0. The molecular formula is C11H14ClN3O3. The lowest BCUT2D eigenvalue weighted by molar-refractivity contribution is -0.138. The number of amides is 1. The monoisotopic (exact) mass is 271 g/mol. The van der Waals surface area contributed by atoms with E-state index >= 15 is 0 Å². The summed E-state index contributed by atoms with van der Waals surface area (Å²) in [6.07, 6.45) is 1.25. The highest BCUT2D eigenvalue weighted by Crippen LogP contribution is 2.22. The van der Waals surface area contributed by atoms with Gasteiger partial charge in [-0.2, -0.15) is 0 Å². The maximum Gasteiger partial charge on any atom is 0.326 e. The van der Waals surface area contributed by atoms with Crippen molar-refractivity contribution < 1.29 is 14.7 Å². The Morgan fingerprint density at radius 1 is 1.50 bits per heavy atom. The Bertz CT molecular complexity index is 477. The predicted octanol–water partition coefficient (Wildman–Crippen LogP) is 1.35. The van der Waals surface area contributed by atoms with Gasteiger partial charge in [-0.25, -0.2) is 9.78 Å². The SMILES string of the molecule is CC(C)[C@@H](Nc1ncc(C(N)=O)cc1Cl)C(=O)O. The van der Waals surface area contributed by atoms with E-state index in [9.17, 15) is 9.59 Å². The molecule has 1 aromatic heterocycles. The van der Waals surface area contributed by atoms with Crippen molar-refractivity contribution in [1.29, 1.82) is 0 Å². The topological polar surface area (TPSA) is 105 Å². The highest BCUT2D eigenvalue weighted by molar-refractivity contribution is 6.33. The first-order valence-corrected chi connectivity index (χ1v) is 5.65. The third-order valence-electron chi connectivity index (χ3n) is 2.35. The molecule has 1 atom stereocenters. The van der Waals surface area contributed by atoms with Gasteiger partial charge in [0.05, 0.1) is 10.6 Å². The van der Waals surface area contributed by atoms with Gasteiger partial charge in [0.1, 0.15) is 11.9 Å². The van der Waals surface area contributed by atoms with E-state index in [0.29, 0.717) is 0 Å². The maximum atomic E-state index is 11.0. The zero-order valence-electron chi connectivity index (χ0n) is 9.98. The smallest absolute Gasteiger partial charge is 0.326 e. The first-order chi connectivity index (χ1) is 8.32. The number of hydrogen-bond donors (Lipinski definition) is 3. The van der Waals surface area contributed by atoms with E-state index in [0.717, 1.165) is 0 Å². The zero-order chi connectivity index (χ0) is 13.9. The van der Waals surface area contributed by atoms with Crippen molar-refractivity contribution in [2.24, 2.45) is 11.7 Å². The lowest BCUT2D eigenvalue weighted by atomic mass is 10.0. The predicted molar refractivity (Wildman–Crippen MR) is 67.6 cm³/mol. The molecule has 98 valence electrons. The van der Waals surface area contributed by atoms with Gasteiger partial charge < -0.3 is 16.2 Å². The fourth-order valence-corrected chi connectivity index (χ4v) is 1.56. The number of halogens is 1. The summed E-state index contributed by atoms with van der Waals surface area (Å²) < 4.78 is 0. The number of rotatable bonds is 5. The van der Waals surface area contributed by atoms with Gasteiger partial charge >= 0.3 is 5.97 Å². The van der Waals surface area contributed by atoms with Gasteiger partial charge in [0, 0.05) is 6.20 Å². The number of pyridine rings is 1. The summed E-state index contributed by atoms with van der Waals surface area (Å²) >= 11 is 5.90. The molecule has 0 aliphatic carbocycles. The minimum absolute atomic E-state index is 0.142. The number of primary amides is 1. The molecule has 0 bridgehead atoms. The number of anilines is 1. The summed E-state index contributed by atoms with van der Waals surface area (Å²) in [7, 11) is 0. The van der Waals surface area contributed by atoms with Crippen LogP contribution < -0.4 is 11.1 Å². The Labute approximate surface area is 109 Å². The van der Waals surface area contributed by atoms with E-state index in [-0.39, 0.29) is 22.3 Å². The molecular weight excluding hydrogens is 258 g/mol. The molecule has 6 nitrogen and oxygen atoms in total. The second kappa shape index (κ2) is 5.68. The van der Waals surface area contributed by atoms with E-state index in [4.69, 9.17) is 22.4 Å². The van der Waals surface area contributed by atoms with Crippen molar-refractivity contribution in [3.63, 3.8) is 0 Å². The van der Waals surface area contributed by atoms with Gasteiger partial charge in [-0.05, 0) is 12.0 Å². The van der Waals surface area contributed by atoms with E-state index in [1.54, 1.807) is 13.8 Å². The highest BCUT2D eigenvalue weighted by atomic mass is 35.5. The van der Waals surface area contributed by atoms with Crippen LogP contribution in [0.25, 0.3) is 0 Å². The fourth-order valence-electron chi connectivity index (χ4n) is 1.34. The number of nitrogens with zero attached hydrogens (tertiary/aromatic N) is 1. The molecule has 0 saturated heterocycles. The van der Waals surface area contributed by atoms with Crippen LogP contribution in [0.15, 0.2) is 12.3 Å². The van der Waals surface area contributed by atoms with Gasteiger partial charge in [0.2, 0.25) is 5.91 Å². The van der Waals surface area contributed by atoms with Crippen LogP contribution in [0.5, 0.6) is 0 Å². The summed E-state index contributed by atoms with van der Waals surface area (Å²) in [6, 6.07) is 0.535. The second-order valence-corrected chi connectivity index (χ2v) is 4.53. The average molecular weight is 272 g/mol.